The number of nitrogens with zero attached hydrogens (tertiary/aromatic N) is 2. The lowest BCUT2D eigenvalue weighted by Crippen LogP contribution is -2.51. The molecule has 1 fully saturated rings. The molecule has 0 amide bonds. The summed E-state index contributed by atoms with van der Waals surface area (Å²) in [5.74, 6) is 0. The van der Waals surface area contributed by atoms with E-state index < -0.39 is 10.2 Å². The highest BCUT2D eigenvalue weighted by molar-refractivity contribution is 7.86. The number of ether oxygens (including phenoxy) is 1. The third kappa shape index (κ3) is 4.68. The van der Waals surface area contributed by atoms with Gasteiger partial charge in [-0.05, 0) is 26.7 Å². The largest absolute Gasteiger partial charge is 0.395 e. The molecule has 0 aromatic carbocycles. The summed E-state index contributed by atoms with van der Waals surface area (Å²) >= 11 is 0. The second kappa shape index (κ2) is 7.54. The van der Waals surface area contributed by atoms with Gasteiger partial charge in [0, 0.05) is 26.2 Å². The van der Waals surface area contributed by atoms with Crippen LogP contribution in [0.15, 0.2) is 0 Å². The van der Waals surface area contributed by atoms with Crippen LogP contribution in [0.2, 0.25) is 0 Å². The average molecular weight is 294 g/mol. The van der Waals surface area contributed by atoms with E-state index in [1.165, 1.54) is 8.61 Å². The number of aliphatic hydroxyl groups is 1. The second-order valence-corrected chi connectivity index (χ2v) is 7.18. The molecule has 0 spiro atoms. The van der Waals surface area contributed by atoms with Crippen LogP contribution in [-0.2, 0) is 14.9 Å². The van der Waals surface area contributed by atoms with Crippen LogP contribution in [0.1, 0.15) is 33.1 Å². The summed E-state index contributed by atoms with van der Waals surface area (Å²) < 4.78 is 32.9. The summed E-state index contributed by atoms with van der Waals surface area (Å²) in [6, 6.07) is -0.285. The van der Waals surface area contributed by atoms with Crippen molar-refractivity contribution in [2.24, 2.45) is 0 Å². The third-order valence-corrected chi connectivity index (χ3v) is 5.38. The van der Waals surface area contributed by atoms with E-state index in [2.05, 4.69) is 0 Å². The van der Waals surface area contributed by atoms with Gasteiger partial charge in [-0.3, -0.25) is 0 Å². The first-order valence-corrected chi connectivity index (χ1v) is 8.25. The van der Waals surface area contributed by atoms with E-state index >= 15 is 0 Å². The molecule has 1 aliphatic rings. The molecule has 6 nitrogen and oxygen atoms in total. The lowest BCUT2D eigenvalue weighted by molar-refractivity contribution is 0.0718. The molecule has 1 rings (SSSR count). The molecule has 19 heavy (non-hydrogen) atoms. The molecule has 1 aliphatic heterocycles. The number of rotatable bonds is 7. The molecule has 0 aromatic heterocycles. The van der Waals surface area contributed by atoms with Crippen molar-refractivity contribution in [2.45, 2.75) is 45.3 Å². The van der Waals surface area contributed by atoms with E-state index in [1.54, 1.807) is 7.05 Å². The fourth-order valence-corrected chi connectivity index (χ4v) is 3.74. The Hall–Kier alpha value is -0.210. The first-order valence-electron chi connectivity index (χ1n) is 6.85. The van der Waals surface area contributed by atoms with Crippen LogP contribution < -0.4 is 0 Å². The highest BCUT2D eigenvalue weighted by Gasteiger charge is 2.34. The van der Waals surface area contributed by atoms with Crippen molar-refractivity contribution < 1.29 is 18.3 Å². The summed E-state index contributed by atoms with van der Waals surface area (Å²) in [6.45, 7) is 4.92. The predicted molar refractivity (Wildman–Crippen MR) is 74.1 cm³/mol. The molecule has 0 radical (unpaired) electrons. The summed E-state index contributed by atoms with van der Waals surface area (Å²) in [4.78, 5) is 0. The van der Waals surface area contributed by atoms with Crippen molar-refractivity contribution in [3.8, 4) is 0 Å². The quantitative estimate of drug-likeness (QED) is 0.739. The Morgan fingerprint density at radius 1 is 1.42 bits per heavy atom. The smallest absolute Gasteiger partial charge is 0.282 e. The standard InChI is InChI=1S/C12H26N2O4S/c1-11(2)18-9-8-13(3)19(16,17)14-7-5-4-6-12(14)10-15/h11-12,15H,4-10H2,1-3H3. The maximum atomic E-state index is 12.4. The molecule has 1 heterocycles. The van der Waals surface area contributed by atoms with E-state index in [-0.39, 0.29) is 18.8 Å². The van der Waals surface area contributed by atoms with E-state index in [1.807, 2.05) is 13.8 Å². The zero-order valence-corrected chi connectivity index (χ0v) is 12.9. The minimum atomic E-state index is -3.49. The van der Waals surface area contributed by atoms with Gasteiger partial charge in [-0.25, -0.2) is 0 Å². The van der Waals surface area contributed by atoms with Gasteiger partial charge in [-0.15, -0.1) is 0 Å². The fraction of sp³-hybridized carbons (Fsp3) is 1.00. The Morgan fingerprint density at radius 3 is 2.68 bits per heavy atom. The van der Waals surface area contributed by atoms with Crippen molar-refractivity contribution in [1.82, 2.24) is 8.61 Å². The molecule has 1 N–H and O–H groups in total. The molecular formula is C12H26N2O4S. The number of aliphatic hydroxyl groups excluding tert-OH is 1. The number of piperidine rings is 1. The molecule has 0 saturated carbocycles. The van der Waals surface area contributed by atoms with Crippen molar-refractivity contribution in [3.63, 3.8) is 0 Å². The Balaban J connectivity index is 2.61. The van der Waals surface area contributed by atoms with Gasteiger partial charge in [0.15, 0.2) is 0 Å². The van der Waals surface area contributed by atoms with Crippen LogP contribution in [0.25, 0.3) is 0 Å². The van der Waals surface area contributed by atoms with Gasteiger partial charge in [0.05, 0.1) is 19.3 Å². The van der Waals surface area contributed by atoms with Crippen LogP contribution in [0.5, 0.6) is 0 Å². The molecule has 0 aliphatic carbocycles. The molecular weight excluding hydrogens is 268 g/mol. The third-order valence-electron chi connectivity index (χ3n) is 3.33. The van der Waals surface area contributed by atoms with E-state index in [4.69, 9.17) is 4.74 Å². The van der Waals surface area contributed by atoms with E-state index in [9.17, 15) is 13.5 Å². The van der Waals surface area contributed by atoms with Gasteiger partial charge < -0.3 is 9.84 Å². The summed E-state index contributed by atoms with van der Waals surface area (Å²) in [7, 11) is -1.94. The first kappa shape index (κ1) is 16.8. The zero-order chi connectivity index (χ0) is 14.5. The minimum absolute atomic E-state index is 0.0938. The zero-order valence-electron chi connectivity index (χ0n) is 12.1. The molecule has 1 unspecified atom stereocenters. The maximum Gasteiger partial charge on any atom is 0.282 e. The summed E-state index contributed by atoms with van der Waals surface area (Å²) in [6.07, 6.45) is 2.64. The van der Waals surface area contributed by atoms with E-state index in [0.29, 0.717) is 19.7 Å². The number of hydrogen-bond donors (Lipinski definition) is 1. The summed E-state index contributed by atoms with van der Waals surface area (Å²) in [5, 5.41) is 9.31. The van der Waals surface area contributed by atoms with Crippen molar-refractivity contribution in [2.75, 3.05) is 33.4 Å². The van der Waals surface area contributed by atoms with Crippen LogP contribution >= 0.6 is 0 Å². The molecule has 1 saturated heterocycles. The minimum Gasteiger partial charge on any atom is -0.395 e. The summed E-state index contributed by atoms with van der Waals surface area (Å²) in [5.41, 5.74) is 0. The second-order valence-electron chi connectivity index (χ2n) is 5.19. The predicted octanol–water partition coefficient (Wildman–Crippen LogP) is 0.435. The molecule has 1 atom stereocenters. The van der Waals surface area contributed by atoms with Crippen LogP contribution in [0.3, 0.4) is 0 Å². The average Bonchev–Trinajstić information content (AvgIpc) is 2.38. The van der Waals surface area contributed by atoms with E-state index in [0.717, 1.165) is 19.3 Å². The van der Waals surface area contributed by atoms with Gasteiger partial charge >= 0.3 is 0 Å². The van der Waals surface area contributed by atoms with Crippen LogP contribution in [-0.4, -0.2) is 67.6 Å². The Bertz CT molecular complexity index is 359. The highest BCUT2D eigenvalue weighted by Crippen LogP contribution is 2.21. The fourth-order valence-electron chi connectivity index (χ4n) is 2.17. The van der Waals surface area contributed by atoms with Gasteiger partial charge in [0.1, 0.15) is 0 Å². The Morgan fingerprint density at radius 2 is 2.11 bits per heavy atom. The molecule has 7 heteroatoms. The number of likely N-dealkylation sites (N-methyl/N-ethyl adjacent to an activating group) is 1. The molecule has 0 aromatic rings. The lowest BCUT2D eigenvalue weighted by Gasteiger charge is -2.36. The van der Waals surface area contributed by atoms with Gasteiger partial charge in [0.25, 0.3) is 10.2 Å². The van der Waals surface area contributed by atoms with Crippen molar-refractivity contribution in [3.05, 3.63) is 0 Å². The first-order chi connectivity index (χ1) is 8.89. The molecule has 114 valence electrons. The lowest BCUT2D eigenvalue weighted by atomic mass is 10.1. The van der Waals surface area contributed by atoms with Crippen LogP contribution in [0, 0.1) is 0 Å². The molecule has 0 bridgehead atoms. The monoisotopic (exact) mass is 294 g/mol. The van der Waals surface area contributed by atoms with Crippen molar-refractivity contribution >= 4 is 10.2 Å². The topological polar surface area (TPSA) is 70.1 Å². The van der Waals surface area contributed by atoms with Crippen LogP contribution in [0.4, 0.5) is 0 Å². The van der Waals surface area contributed by atoms with Gasteiger partial charge in [-0.1, -0.05) is 6.42 Å². The van der Waals surface area contributed by atoms with Crippen molar-refractivity contribution in [1.29, 1.82) is 0 Å². The van der Waals surface area contributed by atoms with Gasteiger partial charge in [0.2, 0.25) is 0 Å². The normalized spacial score (nSPS) is 22.3. The Labute approximate surface area is 116 Å². The highest BCUT2D eigenvalue weighted by atomic mass is 32.2. The van der Waals surface area contributed by atoms with Gasteiger partial charge in [-0.2, -0.15) is 17.0 Å². The number of hydrogen-bond acceptors (Lipinski definition) is 4. The SMILES string of the molecule is CC(C)OCCN(C)S(=O)(=O)N1CCCCC1CO. The maximum absolute atomic E-state index is 12.4. The Kier molecular flexibility index (Phi) is 6.68.